The van der Waals surface area contributed by atoms with E-state index in [2.05, 4.69) is 0 Å². The summed E-state index contributed by atoms with van der Waals surface area (Å²) in [7, 11) is 0. The van der Waals surface area contributed by atoms with Crippen LogP contribution in [0.2, 0.25) is 5.02 Å². The van der Waals surface area contributed by atoms with E-state index in [-0.39, 0.29) is 23.4 Å². The number of amides is 2. The van der Waals surface area contributed by atoms with Crippen LogP contribution in [0.3, 0.4) is 0 Å². The van der Waals surface area contributed by atoms with Crippen LogP contribution in [0.15, 0.2) is 89.8 Å². The van der Waals surface area contributed by atoms with Crippen molar-refractivity contribution in [2.45, 2.75) is 13.5 Å². The first-order chi connectivity index (χ1) is 18.4. The first-order valence-corrected chi connectivity index (χ1v) is 13.1. The fourth-order valence-corrected chi connectivity index (χ4v) is 5.18. The lowest BCUT2D eigenvalue weighted by Gasteiger charge is -2.13. The molecule has 38 heavy (non-hydrogen) atoms. The van der Waals surface area contributed by atoms with E-state index >= 15 is 0 Å². The Labute approximate surface area is 228 Å². The summed E-state index contributed by atoms with van der Waals surface area (Å²) in [6.07, 6.45) is 1.63. The smallest absolute Gasteiger partial charge is 0.344 e. The molecular weight excluding hydrogens is 522 g/mol. The maximum Gasteiger partial charge on any atom is 0.344 e. The molecule has 0 spiro atoms. The summed E-state index contributed by atoms with van der Waals surface area (Å²) in [6.45, 7) is 2.30. The van der Waals surface area contributed by atoms with Crippen LogP contribution in [-0.2, 0) is 11.3 Å². The van der Waals surface area contributed by atoms with Crippen LogP contribution in [-0.4, -0.2) is 28.6 Å². The number of benzene rings is 4. The van der Waals surface area contributed by atoms with Gasteiger partial charge in [0.15, 0.2) is 11.5 Å². The number of fused-ring (bicyclic) bond motifs is 1. The number of imide groups is 1. The van der Waals surface area contributed by atoms with Crippen molar-refractivity contribution in [3.63, 3.8) is 0 Å². The quantitative estimate of drug-likeness (QED) is 0.138. The molecule has 1 aliphatic heterocycles. The number of nitrogens with zero attached hydrogens (tertiary/aromatic N) is 1. The molecule has 1 heterocycles. The molecular formula is C30H22ClNO5S. The third kappa shape index (κ3) is 5.44. The molecule has 1 saturated heterocycles. The first-order valence-electron chi connectivity index (χ1n) is 11.9. The van der Waals surface area contributed by atoms with Gasteiger partial charge in [-0.1, -0.05) is 66.2 Å². The predicted octanol–water partition coefficient (Wildman–Crippen LogP) is 7.35. The first kappa shape index (κ1) is 25.6. The number of halogens is 1. The van der Waals surface area contributed by atoms with Crippen molar-refractivity contribution in [3.05, 3.63) is 112 Å². The normalized spacial score (nSPS) is 14.4. The van der Waals surface area contributed by atoms with Gasteiger partial charge in [-0.05, 0) is 77.0 Å². The monoisotopic (exact) mass is 543 g/mol. The summed E-state index contributed by atoms with van der Waals surface area (Å²) in [6, 6.07) is 25.1. The van der Waals surface area contributed by atoms with Gasteiger partial charge in [-0.15, -0.1) is 0 Å². The van der Waals surface area contributed by atoms with Gasteiger partial charge in [0.25, 0.3) is 11.1 Å². The Morgan fingerprint density at radius 1 is 0.947 bits per heavy atom. The average Bonchev–Trinajstić information content (AvgIpc) is 3.17. The Hall–Kier alpha value is -4.07. The number of esters is 1. The number of hydrogen-bond donors (Lipinski definition) is 0. The summed E-state index contributed by atoms with van der Waals surface area (Å²) in [5.41, 5.74) is 1.84. The van der Waals surface area contributed by atoms with Gasteiger partial charge in [0, 0.05) is 5.02 Å². The molecule has 6 nitrogen and oxygen atoms in total. The van der Waals surface area contributed by atoms with Gasteiger partial charge in [0.2, 0.25) is 0 Å². The Kier molecular flexibility index (Phi) is 7.49. The minimum atomic E-state index is -0.502. The molecule has 0 saturated carbocycles. The fourth-order valence-electron chi connectivity index (χ4n) is 4.13. The highest BCUT2D eigenvalue weighted by Gasteiger charge is 2.35. The standard InChI is InChI=1S/C30H22ClNO5S/c1-2-36-26-16-19(17-27-28(33)32(30(35)38-27)18-20-7-5-10-22(31)15-20)13-14-25(26)37-29(34)24-12-6-9-21-8-3-4-11-23(21)24/h3-17H,2,18H2,1H3/b27-17-. The van der Waals surface area contributed by atoms with Crippen molar-refractivity contribution >= 4 is 57.3 Å². The number of rotatable bonds is 7. The minimum Gasteiger partial charge on any atom is -0.490 e. The van der Waals surface area contributed by atoms with Crippen molar-refractivity contribution < 1.29 is 23.9 Å². The highest BCUT2D eigenvalue weighted by Crippen LogP contribution is 2.36. The maximum absolute atomic E-state index is 13.0. The zero-order valence-electron chi connectivity index (χ0n) is 20.3. The van der Waals surface area contributed by atoms with E-state index in [0.717, 1.165) is 28.1 Å². The second kappa shape index (κ2) is 11.1. The largest absolute Gasteiger partial charge is 0.490 e. The second-order valence-corrected chi connectivity index (χ2v) is 9.88. The molecule has 0 unspecified atom stereocenters. The molecule has 5 rings (SSSR count). The van der Waals surface area contributed by atoms with E-state index in [1.54, 1.807) is 48.5 Å². The van der Waals surface area contributed by atoms with Gasteiger partial charge >= 0.3 is 5.97 Å². The summed E-state index contributed by atoms with van der Waals surface area (Å²) in [5.74, 6) is -0.272. The van der Waals surface area contributed by atoms with E-state index in [1.165, 1.54) is 4.90 Å². The molecule has 1 aliphatic rings. The predicted molar refractivity (Wildman–Crippen MR) is 149 cm³/mol. The molecule has 1 fully saturated rings. The van der Waals surface area contributed by atoms with Crippen LogP contribution in [0.4, 0.5) is 4.79 Å². The van der Waals surface area contributed by atoms with Crippen LogP contribution in [0.1, 0.15) is 28.4 Å². The Morgan fingerprint density at radius 3 is 2.55 bits per heavy atom. The lowest BCUT2D eigenvalue weighted by Crippen LogP contribution is -2.27. The van der Waals surface area contributed by atoms with Crippen molar-refractivity contribution in [3.8, 4) is 11.5 Å². The number of ether oxygens (including phenoxy) is 2. The molecule has 8 heteroatoms. The molecule has 0 bridgehead atoms. The fraction of sp³-hybridized carbons (Fsp3) is 0.100. The number of carbonyl (C=O) groups is 3. The SMILES string of the molecule is CCOc1cc(/C=C2\SC(=O)N(Cc3cccc(Cl)c3)C2=O)ccc1OC(=O)c1cccc2ccccc12. The summed E-state index contributed by atoms with van der Waals surface area (Å²) in [4.78, 5) is 40.1. The van der Waals surface area contributed by atoms with Gasteiger partial charge in [-0.2, -0.15) is 0 Å². The van der Waals surface area contributed by atoms with E-state index in [1.807, 2.05) is 49.4 Å². The number of thioether (sulfide) groups is 1. The van der Waals surface area contributed by atoms with E-state index in [0.29, 0.717) is 33.4 Å². The molecule has 4 aromatic rings. The van der Waals surface area contributed by atoms with Crippen LogP contribution < -0.4 is 9.47 Å². The molecule has 2 amide bonds. The van der Waals surface area contributed by atoms with E-state index in [9.17, 15) is 14.4 Å². The molecule has 0 radical (unpaired) electrons. The molecule has 0 aliphatic carbocycles. The van der Waals surface area contributed by atoms with Crippen LogP contribution in [0, 0.1) is 0 Å². The molecule has 0 aromatic heterocycles. The van der Waals surface area contributed by atoms with Crippen molar-refractivity contribution in [1.82, 2.24) is 4.90 Å². The number of hydrogen-bond acceptors (Lipinski definition) is 6. The molecule has 190 valence electrons. The van der Waals surface area contributed by atoms with Crippen LogP contribution in [0.25, 0.3) is 16.8 Å². The highest BCUT2D eigenvalue weighted by atomic mass is 35.5. The van der Waals surface area contributed by atoms with E-state index < -0.39 is 5.97 Å². The van der Waals surface area contributed by atoms with Crippen molar-refractivity contribution in [2.75, 3.05) is 6.61 Å². The molecule has 4 aromatic carbocycles. The average molecular weight is 544 g/mol. The Bertz CT molecular complexity index is 1590. The number of carbonyl (C=O) groups excluding carboxylic acids is 3. The summed E-state index contributed by atoms with van der Waals surface area (Å²) < 4.78 is 11.5. The van der Waals surface area contributed by atoms with Crippen molar-refractivity contribution in [1.29, 1.82) is 0 Å². The van der Waals surface area contributed by atoms with Gasteiger partial charge in [0.05, 0.1) is 23.6 Å². The van der Waals surface area contributed by atoms with Gasteiger partial charge in [-0.3, -0.25) is 14.5 Å². The lowest BCUT2D eigenvalue weighted by atomic mass is 10.0. The van der Waals surface area contributed by atoms with Crippen LogP contribution in [0.5, 0.6) is 11.5 Å². The lowest BCUT2D eigenvalue weighted by molar-refractivity contribution is -0.123. The third-order valence-electron chi connectivity index (χ3n) is 5.88. The third-order valence-corrected chi connectivity index (χ3v) is 7.02. The zero-order valence-corrected chi connectivity index (χ0v) is 21.9. The second-order valence-electron chi connectivity index (χ2n) is 8.45. The van der Waals surface area contributed by atoms with Gasteiger partial charge in [0.1, 0.15) is 0 Å². The highest BCUT2D eigenvalue weighted by molar-refractivity contribution is 8.18. The van der Waals surface area contributed by atoms with Gasteiger partial charge in [-0.25, -0.2) is 4.79 Å². The molecule has 0 N–H and O–H groups in total. The minimum absolute atomic E-state index is 0.135. The Morgan fingerprint density at radius 2 is 1.74 bits per heavy atom. The maximum atomic E-state index is 13.0. The summed E-state index contributed by atoms with van der Waals surface area (Å²) >= 11 is 6.91. The van der Waals surface area contributed by atoms with E-state index in [4.69, 9.17) is 21.1 Å². The van der Waals surface area contributed by atoms with Crippen molar-refractivity contribution in [2.24, 2.45) is 0 Å². The molecule has 0 atom stereocenters. The topological polar surface area (TPSA) is 72.9 Å². The van der Waals surface area contributed by atoms with Crippen LogP contribution >= 0.6 is 23.4 Å². The van der Waals surface area contributed by atoms with Gasteiger partial charge < -0.3 is 9.47 Å². The zero-order chi connectivity index (χ0) is 26.6. The summed E-state index contributed by atoms with van der Waals surface area (Å²) in [5, 5.41) is 1.91. The Balaban J connectivity index is 1.37.